The van der Waals surface area contributed by atoms with Crippen LogP contribution >= 0.6 is 0 Å². The summed E-state index contributed by atoms with van der Waals surface area (Å²) in [7, 11) is 0. The number of hydrogen-bond acceptors (Lipinski definition) is 5. The Kier molecular flexibility index (Phi) is 3.79. The van der Waals surface area contributed by atoms with E-state index in [1.807, 2.05) is 0 Å². The van der Waals surface area contributed by atoms with Crippen molar-refractivity contribution in [1.82, 2.24) is 5.32 Å². The lowest BCUT2D eigenvalue weighted by molar-refractivity contribution is -0.286. The van der Waals surface area contributed by atoms with Crippen molar-refractivity contribution >= 4 is 17.7 Å². The lowest BCUT2D eigenvalue weighted by Crippen LogP contribution is -2.47. The van der Waals surface area contributed by atoms with E-state index >= 15 is 0 Å². The monoisotopic (exact) mass is 318 g/mol. The Hall–Kier alpha value is -2.62. The SMILES string of the molecule is CC(O)(CNC(=O)Nc1ccc2c(c1)OC(F)(F)O2)C(=O)O. The van der Waals surface area contributed by atoms with Crippen LogP contribution in [0.25, 0.3) is 0 Å². The van der Waals surface area contributed by atoms with Gasteiger partial charge in [0.05, 0.1) is 6.54 Å². The molecule has 22 heavy (non-hydrogen) atoms. The topological polar surface area (TPSA) is 117 Å². The molecule has 2 amide bonds. The van der Waals surface area contributed by atoms with E-state index in [1.54, 1.807) is 0 Å². The third-order valence-corrected chi connectivity index (χ3v) is 2.71. The average molecular weight is 318 g/mol. The molecule has 0 aliphatic carbocycles. The highest BCUT2D eigenvalue weighted by Crippen LogP contribution is 2.42. The zero-order valence-corrected chi connectivity index (χ0v) is 11.2. The summed E-state index contributed by atoms with van der Waals surface area (Å²) in [5.74, 6) is -1.93. The number of nitrogens with one attached hydrogen (secondary N) is 2. The highest BCUT2D eigenvalue weighted by molar-refractivity contribution is 5.90. The van der Waals surface area contributed by atoms with E-state index < -0.39 is 30.4 Å². The van der Waals surface area contributed by atoms with E-state index in [0.717, 1.165) is 13.0 Å². The molecule has 0 spiro atoms. The van der Waals surface area contributed by atoms with E-state index in [0.29, 0.717) is 0 Å². The molecular weight excluding hydrogens is 306 g/mol. The van der Waals surface area contributed by atoms with Gasteiger partial charge in [-0.05, 0) is 19.1 Å². The van der Waals surface area contributed by atoms with Gasteiger partial charge in [0.25, 0.3) is 0 Å². The Balaban J connectivity index is 1.95. The van der Waals surface area contributed by atoms with Crippen molar-refractivity contribution in [3.8, 4) is 11.5 Å². The Morgan fingerprint density at radius 3 is 2.59 bits per heavy atom. The van der Waals surface area contributed by atoms with Gasteiger partial charge in [-0.25, -0.2) is 9.59 Å². The number of carbonyl (C=O) groups excluding carboxylic acids is 1. The quantitative estimate of drug-likeness (QED) is 0.657. The molecule has 0 aromatic heterocycles. The highest BCUT2D eigenvalue weighted by Gasteiger charge is 2.43. The molecule has 1 heterocycles. The normalized spacial score (nSPS) is 17.5. The molecule has 0 saturated heterocycles. The predicted molar refractivity (Wildman–Crippen MR) is 67.9 cm³/mol. The summed E-state index contributed by atoms with van der Waals surface area (Å²) < 4.78 is 34.1. The number of alkyl halides is 2. The summed E-state index contributed by atoms with van der Waals surface area (Å²) in [6, 6.07) is 2.76. The molecule has 0 fully saturated rings. The van der Waals surface area contributed by atoms with Crippen LogP contribution in [0.15, 0.2) is 18.2 Å². The smallest absolute Gasteiger partial charge is 0.479 e. The number of halogens is 2. The lowest BCUT2D eigenvalue weighted by atomic mass is 10.1. The van der Waals surface area contributed by atoms with Crippen LogP contribution in [-0.4, -0.2) is 40.7 Å². The van der Waals surface area contributed by atoms with Crippen LogP contribution in [0.4, 0.5) is 19.3 Å². The number of anilines is 1. The molecule has 0 radical (unpaired) electrons. The van der Waals surface area contributed by atoms with Crippen molar-refractivity contribution in [3.05, 3.63) is 18.2 Å². The third-order valence-electron chi connectivity index (χ3n) is 2.71. The fourth-order valence-corrected chi connectivity index (χ4v) is 1.53. The van der Waals surface area contributed by atoms with Gasteiger partial charge in [0, 0.05) is 11.8 Å². The van der Waals surface area contributed by atoms with Gasteiger partial charge in [-0.3, -0.25) is 0 Å². The van der Waals surface area contributed by atoms with E-state index in [9.17, 15) is 23.5 Å². The molecular formula is C12H12F2N2O6. The molecule has 10 heteroatoms. The number of aliphatic hydroxyl groups is 1. The molecule has 8 nitrogen and oxygen atoms in total. The number of hydrogen-bond donors (Lipinski definition) is 4. The average Bonchev–Trinajstić information content (AvgIpc) is 2.69. The van der Waals surface area contributed by atoms with Gasteiger partial charge in [-0.1, -0.05) is 0 Å². The maximum atomic E-state index is 12.8. The lowest BCUT2D eigenvalue weighted by Gasteiger charge is -2.18. The van der Waals surface area contributed by atoms with Crippen molar-refractivity contribution in [2.45, 2.75) is 18.8 Å². The molecule has 2 rings (SSSR count). The number of carboxylic acids is 1. The van der Waals surface area contributed by atoms with E-state index in [1.165, 1.54) is 12.1 Å². The Morgan fingerprint density at radius 2 is 1.95 bits per heavy atom. The summed E-state index contributed by atoms with van der Waals surface area (Å²) in [5.41, 5.74) is -2.01. The van der Waals surface area contributed by atoms with Gasteiger partial charge >= 0.3 is 18.3 Å². The molecule has 1 aliphatic rings. The molecule has 0 bridgehead atoms. The van der Waals surface area contributed by atoms with Crippen LogP contribution < -0.4 is 20.1 Å². The number of urea groups is 1. The van der Waals surface area contributed by atoms with Gasteiger partial charge in [-0.2, -0.15) is 0 Å². The summed E-state index contributed by atoms with van der Waals surface area (Å²) in [5, 5.41) is 22.5. The van der Waals surface area contributed by atoms with Gasteiger partial charge in [0.15, 0.2) is 17.1 Å². The second kappa shape index (κ2) is 5.30. The highest BCUT2D eigenvalue weighted by atomic mass is 19.3. The van der Waals surface area contributed by atoms with Gasteiger partial charge in [0.2, 0.25) is 0 Å². The van der Waals surface area contributed by atoms with E-state index in [2.05, 4.69) is 20.1 Å². The number of amides is 2. The van der Waals surface area contributed by atoms with Crippen molar-refractivity contribution < 1.29 is 38.1 Å². The molecule has 1 unspecified atom stereocenters. The Morgan fingerprint density at radius 1 is 1.32 bits per heavy atom. The first-order valence-corrected chi connectivity index (χ1v) is 6.00. The van der Waals surface area contributed by atoms with Gasteiger partial charge in [-0.15, -0.1) is 8.78 Å². The zero-order chi connectivity index (χ0) is 16.5. The standard InChI is InChI=1S/C12H12F2N2O6/c1-11(20,9(17)18)5-15-10(19)16-6-2-3-7-8(4-6)22-12(13,14)21-7/h2-4,20H,5H2,1H3,(H,17,18)(H2,15,16,19). The van der Waals surface area contributed by atoms with Crippen LogP contribution in [0.3, 0.4) is 0 Å². The molecule has 1 aromatic rings. The first-order valence-electron chi connectivity index (χ1n) is 6.00. The van der Waals surface area contributed by atoms with Crippen molar-refractivity contribution in [2.24, 2.45) is 0 Å². The first-order chi connectivity index (χ1) is 10.1. The maximum absolute atomic E-state index is 12.8. The number of carboxylic acid groups (broad SMARTS) is 1. The third kappa shape index (κ3) is 3.52. The van der Waals surface area contributed by atoms with Crippen LogP contribution in [-0.2, 0) is 4.79 Å². The number of aliphatic carboxylic acids is 1. The van der Waals surface area contributed by atoms with Crippen LogP contribution in [0, 0.1) is 0 Å². The van der Waals surface area contributed by atoms with Gasteiger partial charge in [0.1, 0.15) is 0 Å². The Labute approximate surface area is 122 Å². The fourth-order valence-electron chi connectivity index (χ4n) is 1.53. The largest absolute Gasteiger partial charge is 0.586 e. The second-order valence-electron chi connectivity index (χ2n) is 4.72. The predicted octanol–water partition coefficient (Wildman–Crippen LogP) is 0.965. The molecule has 1 atom stereocenters. The summed E-state index contributed by atoms with van der Waals surface area (Å²) in [6.07, 6.45) is -3.76. The maximum Gasteiger partial charge on any atom is 0.586 e. The van der Waals surface area contributed by atoms with E-state index in [-0.39, 0.29) is 17.2 Å². The Bertz CT molecular complexity index is 620. The number of ether oxygens (including phenoxy) is 2. The first kappa shape index (κ1) is 15.8. The molecule has 1 aromatic carbocycles. The van der Waals surface area contributed by atoms with E-state index in [4.69, 9.17) is 5.11 Å². The van der Waals surface area contributed by atoms with Crippen LogP contribution in [0.1, 0.15) is 6.92 Å². The molecule has 1 aliphatic heterocycles. The minimum Gasteiger partial charge on any atom is -0.479 e. The van der Waals surface area contributed by atoms with Crippen molar-refractivity contribution in [3.63, 3.8) is 0 Å². The van der Waals surface area contributed by atoms with Gasteiger partial charge < -0.3 is 30.3 Å². The zero-order valence-electron chi connectivity index (χ0n) is 11.2. The number of fused-ring (bicyclic) bond motifs is 1. The van der Waals surface area contributed by atoms with Crippen molar-refractivity contribution in [2.75, 3.05) is 11.9 Å². The molecule has 120 valence electrons. The second-order valence-corrected chi connectivity index (χ2v) is 4.72. The fraction of sp³-hybridized carbons (Fsp3) is 0.333. The summed E-state index contributed by atoms with van der Waals surface area (Å²) >= 11 is 0. The summed E-state index contributed by atoms with van der Waals surface area (Å²) in [4.78, 5) is 22.2. The minimum atomic E-state index is -3.76. The number of benzene rings is 1. The number of carbonyl (C=O) groups is 2. The van der Waals surface area contributed by atoms with Crippen molar-refractivity contribution in [1.29, 1.82) is 0 Å². The summed E-state index contributed by atoms with van der Waals surface area (Å²) in [6.45, 7) is 0.467. The minimum absolute atomic E-state index is 0.118. The van der Waals surface area contributed by atoms with Crippen LogP contribution in [0.2, 0.25) is 0 Å². The molecule has 4 N–H and O–H groups in total. The van der Waals surface area contributed by atoms with Crippen LogP contribution in [0.5, 0.6) is 11.5 Å². The number of rotatable bonds is 4. The molecule has 0 saturated carbocycles.